The molecule has 0 radical (unpaired) electrons. The number of para-hydroxylation sites is 1. The molecule has 0 aromatic heterocycles. The fourth-order valence-electron chi connectivity index (χ4n) is 4.27. The van der Waals surface area contributed by atoms with Crippen molar-refractivity contribution in [3.63, 3.8) is 0 Å². The smallest absolute Gasteiger partial charge is 0.0419 e. The molecule has 0 saturated heterocycles. The van der Waals surface area contributed by atoms with E-state index in [0.717, 1.165) is 6.54 Å². The quantitative estimate of drug-likeness (QED) is 0.573. The number of fused-ring (bicyclic) bond motifs is 4. The van der Waals surface area contributed by atoms with Crippen LogP contribution < -0.4 is 5.32 Å². The molecule has 2 aromatic carbocycles. The second-order valence-electron chi connectivity index (χ2n) is 7.13. The van der Waals surface area contributed by atoms with Gasteiger partial charge in [0, 0.05) is 17.8 Å². The zero-order valence-electron chi connectivity index (χ0n) is 14.5. The van der Waals surface area contributed by atoms with Crippen LogP contribution >= 0.6 is 0 Å². The molecule has 0 bridgehead atoms. The van der Waals surface area contributed by atoms with Gasteiger partial charge in [-0.2, -0.15) is 0 Å². The molecule has 1 N–H and O–H groups in total. The van der Waals surface area contributed by atoms with E-state index in [4.69, 9.17) is 0 Å². The molecule has 0 atom stereocenters. The highest BCUT2D eigenvalue weighted by Gasteiger charge is 2.19. The van der Waals surface area contributed by atoms with Crippen molar-refractivity contribution in [2.24, 2.45) is 0 Å². The van der Waals surface area contributed by atoms with Gasteiger partial charge >= 0.3 is 0 Å². The van der Waals surface area contributed by atoms with Crippen molar-refractivity contribution in [3.05, 3.63) is 65.2 Å². The third-order valence-electron chi connectivity index (χ3n) is 5.53. The number of allylic oxidation sites excluding steroid dienone is 2. The van der Waals surface area contributed by atoms with E-state index in [0.29, 0.717) is 0 Å². The van der Waals surface area contributed by atoms with Crippen molar-refractivity contribution in [3.8, 4) is 0 Å². The Balaban J connectivity index is 1.90. The molecule has 124 valence electrons. The molecule has 0 saturated carbocycles. The molecule has 0 unspecified atom stereocenters. The van der Waals surface area contributed by atoms with Gasteiger partial charge in [-0.1, -0.05) is 68.1 Å². The van der Waals surface area contributed by atoms with Gasteiger partial charge < -0.3 is 5.32 Å². The van der Waals surface area contributed by atoms with Crippen LogP contribution in [0.5, 0.6) is 0 Å². The Morgan fingerprint density at radius 1 is 0.583 bits per heavy atom. The lowest BCUT2D eigenvalue weighted by atomic mass is 9.83. The number of hydrogen-bond acceptors (Lipinski definition) is 1. The number of hydrogen-bond donors (Lipinski definition) is 1. The molecule has 0 fully saturated rings. The Labute approximate surface area is 145 Å². The lowest BCUT2D eigenvalue weighted by Gasteiger charge is -2.25. The second kappa shape index (κ2) is 7.25. The second-order valence-corrected chi connectivity index (χ2v) is 7.13. The SMILES string of the molecule is c1ccc2c(c1)CNc1ccccc1/C1=C\2CCCCCCCC1. The fraction of sp³-hybridized carbons (Fsp3) is 0.391. The van der Waals surface area contributed by atoms with Crippen LogP contribution in [-0.4, -0.2) is 0 Å². The van der Waals surface area contributed by atoms with E-state index >= 15 is 0 Å². The average molecular weight is 317 g/mol. The molecule has 2 aliphatic rings. The van der Waals surface area contributed by atoms with E-state index in [1.807, 2.05) is 0 Å². The molecule has 2 aromatic rings. The lowest BCUT2D eigenvalue weighted by Crippen LogP contribution is -2.09. The van der Waals surface area contributed by atoms with Crippen molar-refractivity contribution in [1.82, 2.24) is 0 Å². The summed E-state index contributed by atoms with van der Waals surface area (Å²) < 4.78 is 0. The summed E-state index contributed by atoms with van der Waals surface area (Å²) in [6, 6.07) is 17.9. The van der Waals surface area contributed by atoms with Crippen molar-refractivity contribution >= 4 is 16.8 Å². The first kappa shape index (κ1) is 15.5. The van der Waals surface area contributed by atoms with Crippen LogP contribution in [0.25, 0.3) is 11.1 Å². The minimum absolute atomic E-state index is 0.921. The third kappa shape index (κ3) is 3.13. The van der Waals surface area contributed by atoms with Crippen LogP contribution in [0.3, 0.4) is 0 Å². The van der Waals surface area contributed by atoms with E-state index in [-0.39, 0.29) is 0 Å². The molecule has 1 nitrogen and oxygen atoms in total. The summed E-state index contributed by atoms with van der Waals surface area (Å²) in [6.07, 6.45) is 10.6. The largest absolute Gasteiger partial charge is 0.380 e. The van der Waals surface area contributed by atoms with Crippen LogP contribution in [0.15, 0.2) is 48.5 Å². The van der Waals surface area contributed by atoms with Crippen LogP contribution in [0, 0.1) is 0 Å². The highest BCUT2D eigenvalue weighted by Crippen LogP contribution is 2.40. The first-order valence-corrected chi connectivity index (χ1v) is 9.57. The van der Waals surface area contributed by atoms with Crippen molar-refractivity contribution in [2.75, 3.05) is 5.32 Å². The third-order valence-corrected chi connectivity index (χ3v) is 5.53. The summed E-state index contributed by atoms with van der Waals surface area (Å²) in [6.45, 7) is 0.921. The number of benzene rings is 2. The maximum atomic E-state index is 3.68. The molecule has 24 heavy (non-hydrogen) atoms. The Morgan fingerprint density at radius 2 is 1.17 bits per heavy atom. The molecule has 0 spiro atoms. The van der Waals surface area contributed by atoms with E-state index in [1.54, 1.807) is 11.1 Å². The highest BCUT2D eigenvalue weighted by atomic mass is 14.9. The predicted molar refractivity (Wildman–Crippen MR) is 104 cm³/mol. The van der Waals surface area contributed by atoms with Gasteiger partial charge in [-0.05, 0) is 54.0 Å². The van der Waals surface area contributed by atoms with Crippen LogP contribution in [-0.2, 0) is 6.54 Å². The first-order chi connectivity index (χ1) is 11.9. The number of nitrogens with one attached hydrogen (secondary N) is 1. The molecular formula is C23H27N. The molecule has 4 rings (SSSR count). The summed E-state index contributed by atoms with van der Waals surface area (Å²) in [4.78, 5) is 0. The number of anilines is 1. The van der Waals surface area contributed by atoms with E-state index < -0.39 is 0 Å². The topological polar surface area (TPSA) is 12.0 Å². The van der Waals surface area contributed by atoms with Gasteiger partial charge in [0.2, 0.25) is 0 Å². The van der Waals surface area contributed by atoms with Gasteiger partial charge in [-0.25, -0.2) is 0 Å². The summed E-state index contributed by atoms with van der Waals surface area (Å²) >= 11 is 0. The zero-order chi connectivity index (χ0) is 16.2. The summed E-state index contributed by atoms with van der Waals surface area (Å²) in [5.41, 5.74) is 8.86. The minimum atomic E-state index is 0.921. The number of rotatable bonds is 0. The van der Waals surface area contributed by atoms with Gasteiger partial charge in [0.05, 0.1) is 0 Å². The standard InChI is InChI=1S/C23H27N/c1-2-4-6-14-21-20(13-5-3-1)19-12-8-7-11-18(19)17-24-23-16-10-9-15-22(21)23/h7-12,15-16,24H,1-6,13-14,17H2/b21-20-. The van der Waals surface area contributed by atoms with Gasteiger partial charge in [0.25, 0.3) is 0 Å². The first-order valence-electron chi connectivity index (χ1n) is 9.57. The average Bonchev–Trinajstić information content (AvgIpc) is 2.63. The fourth-order valence-corrected chi connectivity index (χ4v) is 4.27. The Morgan fingerprint density at radius 3 is 1.96 bits per heavy atom. The van der Waals surface area contributed by atoms with E-state index in [1.165, 1.54) is 73.7 Å². The normalized spacial score (nSPS) is 21.3. The highest BCUT2D eigenvalue weighted by molar-refractivity contribution is 5.95. The van der Waals surface area contributed by atoms with E-state index in [9.17, 15) is 0 Å². The Hall–Kier alpha value is -2.02. The summed E-state index contributed by atoms with van der Waals surface area (Å²) in [5, 5.41) is 3.68. The predicted octanol–water partition coefficient (Wildman–Crippen LogP) is 6.66. The van der Waals surface area contributed by atoms with Crippen LogP contribution in [0.2, 0.25) is 0 Å². The molecule has 1 heterocycles. The van der Waals surface area contributed by atoms with Crippen LogP contribution in [0.4, 0.5) is 5.69 Å². The van der Waals surface area contributed by atoms with Crippen molar-refractivity contribution in [2.45, 2.75) is 57.9 Å². The summed E-state index contributed by atoms with van der Waals surface area (Å²) in [7, 11) is 0. The monoisotopic (exact) mass is 317 g/mol. The van der Waals surface area contributed by atoms with Gasteiger partial charge in [0.15, 0.2) is 0 Å². The Kier molecular flexibility index (Phi) is 4.69. The van der Waals surface area contributed by atoms with Gasteiger partial charge in [-0.3, -0.25) is 0 Å². The van der Waals surface area contributed by atoms with Crippen molar-refractivity contribution < 1.29 is 0 Å². The maximum absolute atomic E-state index is 3.68. The van der Waals surface area contributed by atoms with E-state index in [2.05, 4.69) is 53.8 Å². The van der Waals surface area contributed by atoms with Crippen LogP contribution in [0.1, 0.15) is 68.1 Å². The molecule has 1 aliphatic heterocycles. The minimum Gasteiger partial charge on any atom is -0.380 e. The van der Waals surface area contributed by atoms with Crippen molar-refractivity contribution in [1.29, 1.82) is 0 Å². The molecule has 1 heteroatoms. The molecule has 0 amide bonds. The molecular weight excluding hydrogens is 290 g/mol. The molecule has 1 aliphatic carbocycles. The van der Waals surface area contributed by atoms with Gasteiger partial charge in [0.1, 0.15) is 0 Å². The summed E-state index contributed by atoms with van der Waals surface area (Å²) in [5.74, 6) is 0. The zero-order valence-corrected chi connectivity index (χ0v) is 14.5. The maximum Gasteiger partial charge on any atom is 0.0419 e. The lowest BCUT2D eigenvalue weighted by molar-refractivity contribution is 0.598. The Bertz CT molecular complexity index is 678. The van der Waals surface area contributed by atoms with Gasteiger partial charge in [-0.15, -0.1) is 0 Å².